The zero-order valence-corrected chi connectivity index (χ0v) is 12.2. The van der Waals surface area contributed by atoms with Crippen LogP contribution >= 0.6 is 11.6 Å². The van der Waals surface area contributed by atoms with Gasteiger partial charge in [0, 0.05) is 5.02 Å². The number of aliphatic carboxylic acids is 1. The van der Waals surface area contributed by atoms with Gasteiger partial charge in [-0.3, -0.25) is 9.59 Å². The van der Waals surface area contributed by atoms with E-state index in [4.69, 9.17) is 16.3 Å². The van der Waals surface area contributed by atoms with Crippen LogP contribution in [0, 0.1) is 0 Å². The first-order chi connectivity index (χ1) is 9.34. The van der Waals surface area contributed by atoms with Crippen molar-refractivity contribution in [1.29, 1.82) is 0 Å². The quantitative estimate of drug-likeness (QED) is 0.497. The highest BCUT2D eigenvalue weighted by Gasteiger charge is 2.49. The maximum atomic E-state index is 12.3. The van der Waals surface area contributed by atoms with Gasteiger partial charge in [0.15, 0.2) is 5.41 Å². The minimum Gasteiger partial charge on any atom is -0.480 e. The fourth-order valence-corrected chi connectivity index (χ4v) is 2.23. The molecule has 0 saturated carbocycles. The second kappa shape index (κ2) is 6.57. The molecule has 0 heterocycles. The number of carboxylic acid groups (broad SMARTS) is 1. The maximum Gasteiger partial charge on any atom is 0.328 e. The fraction of sp³-hybridized carbons (Fsp3) is 0.333. The van der Waals surface area contributed by atoms with E-state index in [0.29, 0.717) is 16.2 Å². The molecular weight excluding hydrogens is 280 g/mol. The number of hydrogen-bond donors (Lipinski definition) is 1. The standard InChI is InChI=1S/C15H17ClO4/c1-4-20-14(19)15(13(17)18,9-10(2)3)11-6-5-7-12(16)8-11/h5-8H,2,4,9H2,1,3H3,(H,17,18). The lowest BCUT2D eigenvalue weighted by atomic mass is 9.75. The molecule has 1 unspecified atom stereocenters. The Morgan fingerprint density at radius 2 is 2.10 bits per heavy atom. The van der Waals surface area contributed by atoms with Crippen LogP contribution < -0.4 is 0 Å². The molecule has 1 N–H and O–H groups in total. The number of esters is 1. The summed E-state index contributed by atoms with van der Waals surface area (Å²) >= 11 is 5.91. The van der Waals surface area contributed by atoms with Crippen LogP contribution in [0.15, 0.2) is 36.4 Å². The van der Waals surface area contributed by atoms with Crippen molar-refractivity contribution in [2.75, 3.05) is 6.61 Å². The van der Waals surface area contributed by atoms with Crippen LogP contribution in [0.5, 0.6) is 0 Å². The Morgan fingerprint density at radius 3 is 2.55 bits per heavy atom. The summed E-state index contributed by atoms with van der Waals surface area (Å²) in [5.74, 6) is -2.08. The minimum absolute atomic E-state index is 0.0402. The Hall–Kier alpha value is -1.81. The normalized spacial score (nSPS) is 13.3. The Labute approximate surface area is 123 Å². The minimum atomic E-state index is -1.81. The van der Waals surface area contributed by atoms with E-state index in [1.165, 1.54) is 6.07 Å². The first-order valence-corrected chi connectivity index (χ1v) is 6.53. The smallest absolute Gasteiger partial charge is 0.328 e. The van der Waals surface area contributed by atoms with E-state index in [-0.39, 0.29) is 13.0 Å². The molecule has 108 valence electrons. The summed E-state index contributed by atoms with van der Waals surface area (Å²) in [4.78, 5) is 24.1. The van der Waals surface area contributed by atoms with E-state index in [9.17, 15) is 14.7 Å². The number of benzene rings is 1. The number of ether oxygens (including phenoxy) is 1. The number of halogens is 1. The van der Waals surface area contributed by atoms with E-state index in [1.807, 2.05) is 0 Å². The van der Waals surface area contributed by atoms with Gasteiger partial charge < -0.3 is 9.84 Å². The van der Waals surface area contributed by atoms with Crippen LogP contribution in [0.25, 0.3) is 0 Å². The Bertz CT molecular complexity index is 538. The van der Waals surface area contributed by atoms with Gasteiger partial charge in [0.1, 0.15) is 0 Å². The molecule has 0 aliphatic heterocycles. The van der Waals surface area contributed by atoms with Gasteiger partial charge in [0.05, 0.1) is 6.61 Å². The second-order valence-corrected chi connectivity index (χ2v) is 5.01. The molecule has 0 aliphatic carbocycles. The second-order valence-electron chi connectivity index (χ2n) is 4.58. The highest BCUT2D eigenvalue weighted by Crippen LogP contribution is 2.34. The molecule has 1 aromatic carbocycles. The van der Waals surface area contributed by atoms with Crippen molar-refractivity contribution in [2.24, 2.45) is 0 Å². The van der Waals surface area contributed by atoms with E-state index < -0.39 is 17.4 Å². The summed E-state index contributed by atoms with van der Waals surface area (Å²) < 4.78 is 4.96. The number of allylic oxidation sites excluding steroid dienone is 1. The average Bonchev–Trinajstić information content (AvgIpc) is 2.35. The SMILES string of the molecule is C=C(C)CC(C(=O)O)(C(=O)OCC)c1cccc(Cl)c1. The first kappa shape index (κ1) is 16.2. The fourth-order valence-electron chi connectivity index (χ4n) is 2.04. The van der Waals surface area contributed by atoms with Crippen LogP contribution in [0.2, 0.25) is 5.02 Å². The molecule has 1 rings (SSSR count). The van der Waals surface area contributed by atoms with Gasteiger partial charge in [-0.15, -0.1) is 6.58 Å². The van der Waals surface area contributed by atoms with Gasteiger partial charge in [-0.05, 0) is 38.0 Å². The molecule has 1 aromatic rings. The lowest BCUT2D eigenvalue weighted by Gasteiger charge is -2.28. The number of rotatable bonds is 6. The number of carbonyl (C=O) groups is 2. The Kier molecular flexibility index (Phi) is 5.34. The van der Waals surface area contributed by atoms with Gasteiger partial charge in [-0.1, -0.05) is 29.3 Å². The van der Waals surface area contributed by atoms with Gasteiger partial charge >= 0.3 is 11.9 Å². The predicted molar refractivity (Wildman–Crippen MR) is 76.8 cm³/mol. The number of hydrogen-bond acceptors (Lipinski definition) is 3. The Balaban J connectivity index is 3.48. The highest BCUT2D eigenvalue weighted by atomic mass is 35.5. The van der Waals surface area contributed by atoms with Crippen molar-refractivity contribution >= 4 is 23.5 Å². The van der Waals surface area contributed by atoms with Gasteiger partial charge in [-0.2, -0.15) is 0 Å². The van der Waals surface area contributed by atoms with Crippen molar-refractivity contribution in [3.63, 3.8) is 0 Å². The summed E-state index contributed by atoms with van der Waals surface area (Å²) in [7, 11) is 0. The summed E-state index contributed by atoms with van der Waals surface area (Å²) in [6, 6.07) is 6.24. The average molecular weight is 297 g/mol. The molecule has 0 spiro atoms. The van der Waals surface area contributed by atoms with Crippen molar-refractivity contribution in [2.45, 2.75) is 25.7 Å². The van der Waals surface area contributed by atoms with E-state index in [1.54, 1.807) is 32.0 Å². The zero-order chi connectivity index (χ0) is 15.3. The van der Waals surface area contributed by atoms with Crippen LogP contribution in [-0.2, 0) is 19.7 Å². The topological polar surface area (TPSA) is 63.6 Å². The van der Waals surface area contributed by atoms with Gasteiger partial charge in [-0.25, -0.2) is 0 Å². The monoisotopic (exact) mass is 296 g/mol. The van der Waals surface area contributed by atoms with Gasteiger partial charge in [0.2, 0.25) is 0 Å². The number of carboxylic acids is 1. The highest BCUT2D eigenvalue weighted by molar-refractivity contribution is 6.30. The van der Waals surface area contributed by atoms with Gasteiger partial charge in [0.25, 0.3) is 0 Å². The van der Waals surface area contributed by atoms with Crippen molar-refractivity contribution < 1.29 is 19.4 Å². The van der Waals surface area contributed by atoms with E-state index >= 15 is 0 Å². The molecule has 0 aromatic heterocycles. The third kappa shape index (κ3) is 3.20. The van der Waals surface area contributed by atoms with Crippen LogP contribution in [0.3, 0.4) is 0 Å². The van der Waals surface area contributed by atoms with Crippen LogP contribution in [0.1, 0.15) is 25.8 Å². The molecule has 0 radical (unpaired) electrons. The van der Waals surface area contributed by atoms with Crippen molar-refractivity contribution in [3.8, 4) is 0 Å². The summed E-state index contributed by atoms with van der Waals surface area (Å²) in [6.45, 7) is 7.11. The van der Waals surface area contributed by atoms with Crippen molar-refractivity contribution in [3.05, 3.63) is 47.0 Å². The maximum absolute atomic E-state index is 12.3. The molecule has 20 heavy (non-hydrogen) atoms. The number of carbonyl (C=O) groups excluding carboxylic acids is 1. The molecule has 0 saturated heterocycles. The van der Waals surface area contributed by atoms with Crippen LogP contribution in [0.4, 0.5) is 0 Å². The van der Waals surface area contributed by atoms with E-state index in [0.717, 1.165) is 0 Å². The molecule has 4 nitrogen and oxygen atoms in total. The van der Waals surface area contributed by atoms with E-state index in [2.05, 4.69) is 6.58 Å². The third-order valence-electron chi connectivity index (χ3n) is 2.87. The summed E-state index contributed by atoms with van der Waals surface area (Å²) in [5, 5.41) is 9.99. The van der Waals surface area contributed by atoms with Crippen LogP contribution in [-0.4, -0.2) is 23.7 Å². The lowest BCUT2D eigenvalue weighted by molar-refractivity contribution is -0.161. The third-order valence-corrected chi connectivity index (χ3v) is 3.11. The molecular formula is C15H17ClO4. The zero-order valence-electron chi connectivity index (χ0n) is 11.5. The molecule has 0 fully saturated rings. The molecule has 0 aliphatic rings. The first-order valence-electron chi connectivity index (χ1n) is 6.15. The molecule has 5 heteroatoms. The molecule has 0 bridgehead atoms. The predicted octanol–water partition coefficient (Wildman–Crippen LogP) is 3.19. The molecule has 0 amide bonds. The molecule has 1 atom stereocenters. The summed E-state index contributed by atoms with van der Waals surface area (Å²) in [5.41, 5.74) is -0.952. The summed E-state index contributed by atoms with van der Waals surface area (Å²) in [6.07, 6.45) is -0.0402. The van der Waals surface area contributed by atoms with Crippen molar-refractivity contribution in [1.82, 2.24) is 0 Å². The Morgan fingerprint density at radius 1 is 1.45 bits per heavy atom. The lowest BCUT2D eigenvalue weighted by Crippen LogP contribution is -2.45. The largest absolute Gasteiger partial charge is 0.480 e.